The van der Waals surface area contributed by atoms with Crippen molar-refractivity contribution in [3.8, 4) is 5.75 Å². The average Bonchev–Trinajstić information content (AvgIpc) is 3.02. The molecule has 5 rings (SSSR count). The number of nitrogens with two attached hydrogens (primary N) is 1. The van der Waals surface area contributed by atoms with Gasteiger partial charge in [0.1, 0.15) is 11.8 Å². The van der Waals surface area contributed by atoms with Crippen LogP contribution in [0.5, 0.6) is 5.75 Å². The van der Waals surface area contributed by atoms with Gasteiger partial charge in [0.25, 0.3) is 5.91 Å². The molecule has 1 aromatic heterocycles. The van der Waals surface area contributed by atoms with Crippen LogP contribution < -0.4 is 15.8 Å². The van der Waals surface area contributed by atoms with E-state index in [9.17, 15) is 9.59 Å². The van der Waals surface area contributed by atoms with Crippen molar-refractivity contribution in [2.24, 2.45) is 5.73 Å². The summed E-state index contributed by atoms with van der Waals surface area (Å²) >= 11 is 0. The van der Waals surface area contributed by atoms with Gasteiger partial charge in [0.2, 0.25) is 5.91 Å². The molecule has 0 radical (unpaired) electrons. The van der Waals surface area contributed by atoms with Crippen LogP contribution in [0.3, 0.4) is 0 Å². The molecule has 1 aliphatic carbocycles. The Morgan fingerprint density at radius 3 is 2.57 bits per heavy atom. The zero-order valence-electron chi connectivity index (χ0n) is 24.7. The highest BCUT2D eigenvalue weighted by atomic mass is 16.5. The number of amides is 2. The number of hydrogen-bond acceptors (Lipinski definition) is 6. The topological polar surface area (TPSA) is 101 Å². The second-order valence-corrected chi connectivity index (χ2v) is 11.7. The normalized spacial score (nSPS) is 22.5. The van der Waals surface area contributed by atoms with Gasteiger partial charge in [0, 0.05) is 50.2 Å². The van der Waals surface area contributed by atoms with E-state index in [-0.39, 0.29) is 29.9 Å². The first-order valence-electron chi connectivity index (χ1n) is 15.1. The molecule has 2 aliphatic rings. The largest absolute Gasteiger partial charge is 0.497 e. The zero-order chi connectivity index (χ0) is 29.5. The maximum absolute atomic E-state index is 13.9. The molecule has 8 heteroatoms. The van der Waals surface area contributed by atoms with Crippen LogP contribution in [0.1, 0.15) is 65.6 Å². The number of benzene rings is 2. The van der Waals surface area contributed by atoms with E-state index in [1.54, 1.807) is 36.5 Å². The van der Waals surface area contributed by atoms with Crippen molar-refractivity contribution in [1.29, 1.82) is 0 Å². The minimum atomic E-state index is -0.572. The molecule has 42 heavy (non-hydrogen) atoms. The molecule has 3 N–H and O–H groups in total. The number of pyridine rings is 1. The molecule has 1 saturated carbocycles. The van der Waals surface area contributed by atoms with Gasteiger partial charge >= 0.3 is 0 Å². The van der Waals surface area contributed by atoms with Gasteiger partial charge in [-0.05, 0) is 86.4 Å². The SMILES string of the molecule is COc1cccc(CN(Cc2ccccc2C)C2CCN(C(=O)c3cccnc3)[C@@H](C(=O)NC3CCC(N)CC3)C2)c1. The van der Waals surface area contributed by atoms with Crippen LogP contribution in [0.4, 0.5) is 0 Å². The summed E-state index contributed by atoms with van der Waals surface area (Å²) in [4.78, 5) is 36.0. The fourth-order valence-corrected chi connectivity index (χ4v) is 6.31. The summed E-state index contributed by atoms with van der Waals surface area (Å²) in [7, 11) is 1.68. The molecule has 2 atom stereocenters. The van der Waals surface area contributed by atoms with E-state index >= 15 is 0 Å². The van der Waals surface area contributed by atoms with Crippen LogP contribution in [0.15, 0.2) is 73.1 Å². The van der Waals surface area contributed by atoms with Gasteiger partial charge in [-0.3, -0.25) is 19.5 Å². The second kappa shape index (κ2) is 13.9. The van der Waals surface area contributed by atoms with Gasteiger partial charge in [-0.1, -0.05) is 36.4 Å². The van der Waals surface area contributed by atoms with Crippen molar-refractivity contribution in [3.63, 3.8) is 0 Å². The average molecular weight is 570 g/mol. The highest BCUT2D eigenvalue weighted by Crippen LogP contribution is 2.29. The third-order valence-electron chi connectivity index (χ3n) is 8.84. The minimum absolute atomic E-state index is 0.0744. The number of nitrogens with zero attached hydrogens (tertiary/aromatic N) is 3. The Bertz CT molecular complexity index is 1340. The molecule has 2 aromatic carbocycles. The molecule has 2 heterocycles. The lowest BCUT2D eigenvalue weighted by molar-refractivity contribution is -0.128. The Morgan fingerprint density at radius 1 is 1.02 bits per heavy atom. The molecule has 2 fully saturated rings. The Labute approximate surface area is 249 Å². The molecule has 1 unspecified atom stereocenters. The summed E-state index contributed by atoms with van der Waals surface area (Å²) in [6, 6.07) is 20.0. The molecule has 0 spiro atoms. The molecule has 2 amide bonds. The molecular formula is C34H43N5O3. The lowest BCUT2D eigenvalue weighted by atomic mass is 9.90. The fourth-order valence-electron chi connectivity index (χ4n) is 6.31. The predicted octanol–water partition coefficient (Wildman–Crippen LogP) is 4.46. The molecule has 0 bridgehead atoms. The van der Waals surface area contributed by atoms with Crippen LogP contribution in [0, 0.1) is 6.92 Å². The standard InChI is InChI=1S/C34H43N5O3/c1-24-7-3-4-9-27(24)23-38(22-25-8-5-11-31(19-25)42-2)30-16-18-39(34(41)26-10-6-17-36-21-26)32(20-30)33(40)37-29-14-12-28(35)13-15-29/h3-11,17,19,21,28-30,32H,12-16,18,20,22-23,35H2,1-2H3,(H,37,40)/t28?,29?,30?,32-/m1/s1. The summed E-state index contributed by atoms with van der Waals surface area (Å²) in [6.45, 7) is 4.09. The van der Waals surface area contributed by atoms with E-state index in [1.807, 2.05) is 12.1 Å². The van der Waals surface area contributed by atoms with Crippen molar-refractivity contribution in [2.45, 2.75) is 82.7 Å². The van der Waals surface area contributed by atoms with E-state index in [4.69, 9.17) is 10.5 Å². The van der Waals surface area contributed by atoms with Crippen LogP contribution in [0.2, 0.25) is 0 Å². The number of rotatable bonds is 9. The van der Waals surface area contributed by atoms with E-state index in [2.05, 4.69) is 58.5 Å². The number of aromatic nitrogens is 1. The van der Waals surface area contributed by atoms with Gasteiger partial charge in [-0.2, -0.15) is 0 Å². The van der Waals surface area contributed by atoms with E-state index < -0.39 is 6.04 Å². The number of carbonyl (C=O) groups excluding carboxylic acids is 2. The quantitative estimate of drug-likeness (QED) is 0.395. The number of nitrogens with one attached hydrogen (secondary N) is 1. The third-order valence-corrected chi connectivity index (χ3v) is 8.84. The number of methoxy groups -OCH3 is 1. The van der Waals surface area contributed by atoms with Crippen molar-refractivity contribution >= 4 is 11.8 Å². The second-order valence-electron chi connectivity index (χ2n) is 11.7. The number of aryl methyl sites for hydroxylation is 1. The molecular weight excluding hydrogens is 526 g/mol. The van der Waals surface area contributed by atoms with E-state index in [0.717, 1.165) is 50.0 Å². The summed E-state index contributed by atoms with van der Waals surface area (Å²) in [5, 5.41) is 3.29. The minimum Gasteiger partial charge on any atom is -0.497 e. The van der Waals surface area contributed by atoms with Crippen LogP contribution in [0.25, 0.3) is 0 Å². The lowest BCUT2D eigenvalue weighted by Gasteiger charge is -2.43. The Kier molecular flexibility index (Phi) is 9.87. The number of hydrogen-bond donors (Lipinski definition) is 2. The Hall–Kier alpha value is -3.75. The number of likely N-dealkylation sites (tertiary alicyclic amines) is 1. The van der Waals surface area contributed by atoms with Crippen LogP contribution in [-0.2, 0) is 17.9 Å². The third kappa shape index (κ3) is 7.36. The van der Waals surface area contributed by atoms with Crippen molar-refractivity contribution in [2.75, 3.05) is 13.7 Å². The highest BCUT2D eigenvalue weighted by molar-refractivity contribution is 5.97. The maximum Gasteiger partial charge on any atom is 0.256 e. The molecule has 8 nitrogen and oxygen atoms in total. The summed E-state index contributed by atoms with van der Waals surface area (Å²) in [5.74, 6) is 0.602. The Morgan fingerprint density at radius 2 is 1.83 bits per heavy atom. The summed E-state index contributed by atoms with van der Waals surface area (Å²) in [5.41, 5.74) is 10.3. The van der Waals surface area contributed by atoms with Gasteiger partial charge in [0.05, 0.1) is 12.7 Å². The fraction of sp³-hybridized carbons (Fsp3) is 0.441. The van der Waals surface area contributed by atoms with Crippen molar-refractivity contribution in [1.82, 2.24) is 20.1 Å². The first-order valence-corrected chi connectivity index (χ1v) is 15.1. The van der Waals surface area contributed by atoms with E-state index in [1.165, 1.54) is 11.1 Å². The van der Waals surface area contributed by atoms with Crippen molar-refractivity contribution in [3.05, 3.63) is 95.3 Å². The lowest BCUT2D eigenvalue weighted by Crippen LogP contribution is -2.58. The van der Waals surface area contributed by atoms with Crippen LogP contribution in [-0.4, -0.2) is 64.4 Å². The smallest absolute Gasteiger partial charge is 0.256 e. The number of piperidine rings is 1. The number of ether oxygens (including phenoxy) is 1. The van der Waals surface area contributed by atoms with Crippen molar-refractivity contribution < 1.29 is 14.3 Å². The first kappa shape index (κ1) is 29.7. The maximum atomic E-state index is 13.9. The molecule has 222 valence electrons. The predicted molar refractivity (Wildman–Crippen MR) is 164 cm³/mol. The van der Waals surface area contributed by atoms with E-state index in [0.29, 0.717) is 25.1 Å². The molecule has 3 aromatic rings. The van der Waals surface area contributed by atoms with Gasteiger partial charge in [-0.15, -0.1) is 0 Å². The monoisotopic (exact) mass is 569 g/mol. The van der Waals surface area contributed by atoms with Gasteiger partial charge in [0.15, 0.2) is 0 Å². The number of carbonyl (C=O) groups is 2. The zero-order valence-corrected chi connectivity index (χ0v) is 24.7. The molecule has 1 aliphatic heterocycles. The van der Waals surface area contributed by atoms with Gasteiger partial charge < -0.3 is 20.7 Å². The summed E-state index contributed by atoms with van der Waals surface area (Å²) in [6.07, 6.45) is 8.11. The molecule has 1 saturated heterocycles. The first-order chi connectivity index (χ1) is 20.4. The van der Waals surface area contributed by atoms with Crippen LogP contribution >= 0.6 is 0 Å². The van der Waals surface area contributed by atoms with Gasteiger partial charge in [-0.25, -0.2) is 0 Å². The Balaban J connectivity index is 1.41. The summed E-state index contributed by atoms with van der Waals surface area (Å²) < 4.78 is 5.50. The highest BCUT2D eigenvalue weighted by Gasteiger charge is 2.39.